The van der Waals surface area contributed by atoms with Gasteiger partial charge in [0.15, 0.2) is 21.9 Å². The van der Waals surface area contributed by atoms with Crippen molar-refractivity contribution in [2.24, 2.45) is 0 Å². The summed E-state index contributed by atoms with van der Waals surface area (Å²) in [4.78, 5) is 26.3. The van der Waals surface area contributed by atoms with Crippen LogP contribution in [0.4, 0.5) is 0 Å². The number of carboxylic acid groups (broad SMARTS) is 1. The van der Waals surface area contributed by atoms with Crippen molar-refractivity contribution in [2.45, 2.75) is 24.8 Å². The summed E-state index contributed by atoms with van der Waals surface area (Å²) >= 11 is 6.13. The Labute approximate surface area is 200 Å². The number of carbonyl (C=O) groups excluding carboxylic acids is 1. The maximum atomic E-state index is 12.8. The van der Waals surface area contributed by atoms with Gasteiger partial charge in [0.05, 0.1) is 16.4 Å². The molecule has 12 heteroatoms. The molecule has 0 aromatic heterocycles. The van der Waals surface area contributed by atoms with Gasteiger partial charge in [-0.2, -0.15) is 0 Å². The van der Waals surface area contributed by atoms with Crippen molar-refractivity contribution in [3.63, 3.8) is 0 Å². The third-order valence-electron chi connectivity index (χ3n) is 4.28. The van der Waals surface area contributed by atoms with Crippen molar-refractivity contribution in [2.75, 3.05) is 6.61 Å². The van der Waals surface area contributed by atoms with Crippen LogP contribution in [0.5, 0.6) is 11.5 Å². The van der Waals surface area contributed by atoms with Crippen LogP contribution < -0.4 is 14.3 Å². The average Bonchev–Trinajstić information content (AvgIpc) is 3.03. The van der Waals surface area contributed by atoms with E-state index in [1.54, 1.807) is 37.3 Å². The lowest BCUT2D eigenvalue weighted by atomic mass is 10.2. The largest absolute Gasteiger partial charge is 0.490 e. The Bertz CT molecular complexity index is 1210. The van der Waals surface area contributed by atoms with Gasteiger partial charge in [0.1, 0.15) is 0 Å². The fourth-order valence-electron chi connectivity index (χ4n) is 2.69. The van der Waals surface area contributed by atoms with E-state index in [9.17, 15) is 18.0 Å². The highest BCUT2D eigenvalue weighted by Gasteiger charge is 2.35. The van der Waals surface area contributed by atoms with Crippen molar-refractivity contribution in [1.29, 1.82) is 0 Å². The van der Waals surface area contributed by atoms with Crippen LogP contribution >= 0.6 is 24.0 Å². The number of benzene rings is 2. The molecular weight excluding hydrogens is 488 g/mol. The molecule has 0 spiro atoms. The zero-order chi connectivity index (χ0) is 24.2. The van der Waals surface area contributed by atoms with Gasteiger partial charge in [-0.25, -0.2) is 18.2 Å². The van der Waals surface area contributed by atoms with E-state index in [1.165, 1.54) is 31.2 Å². The van der Waals surface area contributed by atoms with Crippen LogP contribution in [-0.4, -0.2) is 47.4 Å². The topological polar surface area (TPSA) is 122 Å². The number of hydrogen-bond acceptors (Lipinski definition) is 8. The Hall–Kier alpha value is -2.93. The minimum atomic E-state index is -4.00. The van der Waals surface area contributed by atoms with Crippen LogP contribution in [-0.2, 0) is 19.6 Å². The summed E-state index contributed by atoms with van der Waals surface area (Å²) in [5.41, 5.74) is 0.556. The van der Waals surface area contributed by atoms with Gasteiger partial charge in [0.2, 0.25) is 0 Å². The number of carboxylic acids is 1. The van der Waals surface area contributed by atoms with Gasteiger partial charge in [-0.1, -0.05) is 48.2 Å². The first-order valence-electron chi connectivity index (χ1n) is 9.64. The number of carbonyl (C=O) groups is 2. The van der Waals surface area contributed by atoms with E-state index in [2.05, 4.69) is 4.83 Å². The third kappa shape index (κ3) is 5.90. The number of rotatable bonds is 9. The molecule has 1 unspecified atom stereocenters. The molecule has 1 atom stereocenters. The first kappa shape index (κ1) is 24.7. The highest BCUT2D eigenvalue weighted by molar-refractivity contribution is 8.26. The van der Waals surface area contributed by atoms with Crippen LogP contribution in [0.1, 0.15) is 19.4 Å². The number of aliphatic carboxylic acids is 1. The molecule has 9 nitrogen and oxygen atoms in total. The fourth-order valence-corrected chi connectivity index (χ4v) is 5.02. The maximum Gasteiger partial charge on any atom is 0.344 e. The number of hydrazine groups is 1. The number of nitrogens with zero attached hydrogens (tertiary/aromatic N) is 1. The van der Waals surface area contributed by atoms with E-state index < -0.39 is 28.0 Å². The number of thiocarbonyl (C=S) groups is 1. The van der Waals surface area contributed by atoms with Gasteiger partial charge in [-0.3, -0.25) is 4.79 Å². The van der Waals surface area contributed by atoms with Crippen LogP contribution in [0.15, 0.2) is 58.3 Å². The van der Waals surface area contributed by atoms with Crippen molar-refractivity contribution in [1.82, 2.24) is 9.84 Å². The number of nitrogens with one attached hydrogen (secondary N) is 1. The molecule has 174 valence electrons. The van der Waals surface area contributed by atoms with Gasteiger partial charge >= 0.3 is 5.97 Å². The highest BCUT2D eigenvalue weighted by Crippen LogP contribution is 2.35. The summed E-state index contributed by atoms with van der Waals surface area (Å²) in [5.74, 6) is -1.20. The Morgan fingerprint density at radius 3 is 2.58 bits per heavy atom. The monoisotopic (exact) mass is 508 g/mol. The molecule has 1 saturated heterocycles. The molecule has 0 aliphatic carbocycles. The average molecular weight is 509 g/mol. The second-order valence-electron chi connectivity index (χ2n) is 6.66. The second kappa shape index (κ2) is 10.3. The lowest BCUT2D eigenvalue weighted by Gasteiger charge is -2.16. The van der Waals surface area contributed by atoms with Gasteiger partial charge in [0.25, 0.3) is 15.9 Å². The molecule has 1 aliphatic heterocycles. The minimum absolute atomic E-state index is 0.00411. The quantitative estimate of drug-likeness (QED) is 0.389. The third-order valence-corrected chi connectivity index (χ3v) is 6.89. The Balaban J connectivity index is 1.83. The van der Waals surface area contributed by atoms with Crippen LogP contribution in [0.3, 0.4) is 0 Å². The zero-order valence-electron chi connectivity index (χ0n) is 17.5. The smallest absolute Gasteiger partial charge is 0.344 e. The normalized spacial score (nSPS) is 16.2. The number of sulfonamides is 1. The fraction of sp³-hybridized carbons (Fsp3) is 0.190. The minimum Gasteiger partial charge on any atom is -0.490 e. The van der Waals surface area contributed by atoms with Crippen LogP contribution in [0, 0.1) is 0 Å². The molecule has 1 amide bonds. The predicted molar refractivity (Wildman–Crippen MR) is 127 cm³/mol. The Morgan fingerprint density at radius 1 is 1.24 bits per heavy atom. The summed E-state index contributed by atoms with van der Waals surface area (Å²) in [7, 11) is -4.00. The number of amides is 1. The maximum absolute atomic E-state index is 12.8. The van der Waals surface area contributed by atoms with Gasteiger partial charge < -0.3 is 14.6 Å². The summed E-state index contributed by atoms with van der Waals surface area (Å²) < 4.78 is 36.1. The van der Waals surface area contributed by atoms with E-state index in [1.807, 2.05) is 0 Å². The first-order valence-corrected chi connectivity index (χ1v) is 12.3. The number of hydrogen-bond donors (Lipinski definition) is 2. The molecular formula is C21H20N2O7S3. The number of ether oxygens (including phenoxy) is 2. The van der Waals surface area contributed by atoms with Crippen molar-refractivity contribution in [3.05, 3.63) is 59.0 Å². The molecule has 3 rings (SSSR count). The molecule has 2 N–H and O–H groups in total. The molecule has 0 bridgehead atoms. The van der Waals surface area contributed by atoms with Crippen LogP contribution in [0.2, 0.25) is 0 Å². The van der Waals surface area contributed by atoms with Crippen molar-refractivity contribution in [3.8, 4) is 11.5 Å². The van der Waals surface area contributed by atoms with E-state index in [0.717, 1.165) is 16.8 Å². The molecule has 33 heavy (non-hydrogen) atoms. The SMILES string of the molecule is CCOc1cc(/C=C2/SC(=S)N(NS(=O)(=O)c3ccccc3)C2=O)ccc1OC(C)C(=O)O. The summed E-state index contributed by atoms with van der Waals surface area (Å²) in [6.07, 6.45) is 0.451. The zero-order valence-corrected chi connectivity index (χ0v) is 20.0. The van der Waals surface area contributed by atoms with Gasteiger partial charge in [-0.15, -0.1) is 4.83 Å². The summed E-state index contributed by atoms with van der Waals surface area (Å²) in [5, 5.41) is 9.87. The van der Waals surface area contributed by atoms with Crippen LogP contribution in [0.25, 0.3) is 6.08 Å². The second-order valence-corrected chi connectivity index (χ2v) is 10.00. The highest BCUT2D eigenvalue weighted by atomic mass is 32.2. The van der Waals surface area contributed by atoms with Gasteiger partial charge in [0, 0.05) is 0 Å². The Kier molecular flexibility index (Phi) is 7.74. The molecule has 2 aromatic carbocycles. The lowest BCUT2D eigenvalue weighted by Crippen LogP contribution is -2.44. The molecule has 1 fully saturated rings. The molecule has 0 radical (unpaired) electrons. The van der Waals surface area contributed by atoms with E-state index in [0.29, 0.717) is 17.9 Å². The first-order chi connectivity index (χ1) is 15.6. The lowest BCUT2D eigenvalue weighted by molar-refractivity contribution is -0.144. The van der Waals surface area contributed by atoms with E-state index in [4.69, 9.17) is 26.8 Å². The predicted octanol–water partition coefficient (Wildman–Crippen LogP) is 3.03. The standard InChI is InChI=1S/C21H20N2O7S3/c1-3-29-17-11-14(9-10-16(17)30-13(2)20(25)26)12-18-19(24)23(21(31)32-18)22-33(27,28)15-7-5-4-6-8-15/h4-13,22H,3H2,1-2H3,(H,25,26)/b18-12+. The molecule has 2 aromatic rings. The molecule has 0 saturated carbocycles. The van der Waals surface area contributed by atoms with Crippen molar-refractivity contribution < 1.29 is 32.6 Å². The Morgan fingerprint density at radius 2 is 1.94 bits per heavy atom. The van der Waals surface area contributed by atoms with E-state index in [-0.39, 0.29) is 19.9 Å². The number of thioether (sulfide) groups is 1. The molecule has 1 aliphatic rings. The molecule has 1 heterocycles. The van der Waals surface area contributed by atoms with E-state index >= 15 is 0 Å². The van der Waals surface area contributed by atoms with Gasteiger partial charge in [-0.05, 0) is 49.8 Å². The summed E-state index contributed by atoms with van der Waals surface area (Å²) in [6.45, 7) is 3.47. The van der Waals surface area contributed by atoms with Crippen molar-refractivity contribution >= 4 is 56.3 Å². The summed E-state index contributed by atoms with van der Waals surface area (Å²) in [6, 6.07) is 12.4.